The fraction of sp³-hybridized carbons (Fsp3) is 0.409. The van der Waals surface area contributed by atoms with Crippen molar-refractivity contribution >= 4 is 17.1 Å². The van der Waals surface area contributed by atoms with Crippen LogP contribution in [0, 0.1) is 5.92 Å². The Bertz CT molecular complexity index is 1040. The first-order valence-corrected chi connectivity index (χ1v) is 10.5. The van der Waals surface area contributed by atoms with E-state index in [-0.39, 0.29) is 17.9 Å². The van der Waals surface area contributed by atoms with E-state index in [4.69, 9.17) is 9.72 Å². The molecule has 2 N–H and O–H groups in total. The van der Waals surface area contributed by atoms with Crippen LogP contribution in [0.1, 0.15) is 13.3 Å². The number of pyridine rings is 2. The van der Waals surface area contributed by atoms with E-state index in [0.717, 1.165) is 54.4 Å². The zero-order chi connectivity index (χ0) is 20.5. The molecule has 2 fully saturated rings. The third-order valence-corrected chi connectivity index (χ3v) is 5.98. The first-order chi connectivity index (χ1) is 14.7. The molecule has 156 valence electrons. The minimum atomic E-state index is -0.0825. The van der Waals surface area contributed by atoms with Crippen LogP contribution in [0.3, 0.4) is 0 Å². The summed E-state index contributed by atoms with van der Waals surface area (Å²) >= 11 is 0. The smallest absolute Gasteiger partial charge is 0.220 e. The highest BCUT2D eigenvalue weighted by Crippen LogP contribution is 2.30. The van der Waals surface area contributed by atoms with Crippen LogP contribution in [-0.4, -0.2) is 59.3 Å². The lowest BCUT2D eigenvalue weighted by molar-refractivity contribution is -0.119. The van der Waals surface area contributed by atoms with Gasteiger partial charge in [0.15, 0.2) is 0 Å². The van der Waals surface area contributed by atoms with Crippen molar-refractivity contribution in [3.05, 3.63) is 42.9 Å². The number of nitrogens with zero attached hydrogens (tertiary/aromatic N) is 4. The molecule has 2 atom stereocenters. The van der Waals surface area contributed by atoms with Crippen LogP contribution in [-0.2, 0) is 4.79 Å². The number of fused-ring (bicyclic) bond motifs is 1. The van der Waals surface area contributed by atoms with Gasteiger partial charge in [-0.05, 0) is 31.2 Å². The molecule has 0 spiro atoms. The molecule has 0 bridgehead atoms. The topological polar surface area (TPSA) is 83.8 Å². The molecule has 0 aromatic carbocycles. The van der Waals surface area contributed by atoms with Crippen molar-refractivity contribution in [2.75, 3.05) is 37.6 Å². The highest BCUT2D eigenvalue weighted by atomic mass is 16.5. The number of piperazine rings is 1. The minimum absolute atomic E-state index is 0.0825. The predicted molar refractivity (Wildman–Crippen MR) is 115 cm³/mol. The molecular formula is C22H26N6O2. The number of hydrogen-bond acceptors (Lipinski definition) is 6. The summed E-state index contributed by atoms with van der Waals surface area (Å²) in [6.07, 6.45) is 6.10. The van der Waals surface area contributed by atoms with Gasteiger partial charge >= 0.3 is 0 Å². The van der Waals surface area contributed by atoms with Crippen LogP contribution in [0.15, 0.2) is 42.9 Å². The Kier molecular flexibility index (Phi) is 5.00. The molecule has 8 heteroatoms. The van der Waals surface area contributed by atoms with Crippen molar-refractivity contribution in [3.63, 3.8) is 0 Å². The van der Waals surface area contributed by atoms with E-state index in [0.29, 0.717) is 13.0 Å². The van der Waals surface area contributed by atoms with Gasteiger partial charge in [0.05, 0.1) is 23.8 Å². The molecule has 0 aliphatic carbocycles. The predicted octanol–water partition coefficient (Wildman–Crippen LogP) is 1.71. The van der Waals surface area contributed by atoms with Crippen LogP contribution >= 0.6 is 0 Å². The third-order valence-electron chi connectivity index (χ3n) is 5.98. The molecule has 2 aliphatic heterocycles. The summed E-state index contributed by atoms with van der Waals surface area (Å²) in [6.45, 7) is 6.66. The molecule has 5 heterocycles. The Morgan fingerprint density at radius 1 is 1.23 bits per heavy atom. The average Bonchev–Trinajstić information content (AvgIpc) is 3.43. The Morgan fingerprint density at radius 3 is 2.83 bits per heavy atom. The molecule has 1 amide bonds. The second-order valence-electron chi connectivity index (χ2n) is 7.98. The van der Waals surface area contributed by atoms with Gasteiger partial charge in [-0.15, -0.1) is 0 Å². The van der Waals surface area contributed by atoms with E-state index < -0.39 is 0 Å². The monoisotopic (exact) mass is 406 g/mol. The third kappa shape index (κ3) is 3.70. The van der Waals surface area contributed by atoms with E-state index in [1.807, 2.05) is 36.0 Å². The van der Waals surface area contributed by atoms with Crippen LogP contribution in [0.5, 0.6) is 5.75 Å². The molecule has 0 unspecified atom stereocenters. The number of ether oxygens (including phenoxy) is 1. The number of amides is 1. The first kappa shape index (κ1) is 18.9. The van der Waals surface area contributed by atoms with E-state index >= 15 is 0 Å². The first-order valence-electron chi connectivity index (χ1n) is 10.5. The van der Waals surface area contributed by atoms with Crippen molar-refractivity contribution in [1.29, 1.82) is 0 Å². The van der Waals surface area contributed by atoms with Gasteiger partial charge in [-0.2, -0.15) is 5.10 Å². The number of aromatic nitrogens is 3. The van der Waals surface area contributed by atoms with Gasteiger partial charge in [-0.3, -0.25) is 9.78 Å². The van der Waals surface area contributed by atoms with Crippen molar-refractivity contribution in [2.45, 2.75) is 19.4 Å². The Balaban J connectivity index is 1.41. The number of hydrogen-bond donors (Lipinski definition) is 2. The lowest BCUT2D eigenvalue weighted by Gasteiger charge is -2.29. The van der Waals surface area contributed by atoms with Gasteiger partial charge in [-0.25, -0.2) is 4.52 Å². The van der Waals surface area contributed by atoms with Crippen molar-refractivity contribution in [3.8, 4) is 17.0 Å². The van der Waals surface area contributed by atoms with Gasteiger partial charge in [0.2, 0.25) is 5.91 Å². The molecule has 2 aliphatic rings. The van der Waals surface area contributed by atoms with Crippen molar-refractivity contribution in [1.82, 2.24) is 25.2 Å². The average molecular weight is 406 g/mol. The maximum absolute atomic E-state index is 11.6. The molecule has 5 rings (SSSR count). The summed E-state index contributed by atoms with van der Waals surface area (Å²) in [5.41, 5.74) is 3.87. The van der Waals surface area contributed by atoms with Crippen molar-refractivity contribution < 1.29 is 9.53 Å². The van der Waals surface area contributed by atoms with E-state index in [2.05, 4.69) is 32.8 Å². The highest BCUT2D eigenvalue weighted by Gasteiger charge is 2.28. The van der Waals surface area contributed by atoms with Gasteiger partial charge in [0.1, 0.15) is 17.4 Å². The van der Waals surface area contributed by atoms with Crippen molar-refractivity contribution in [2.24, 2.45) is 5.92 Å². The van der Waals surface area contributed by atoms with Crippen LogP contribution in [0.25, 0.3) is 16.8 Å². The minimum Gasteiger partial charge on any atom is -0.488 e. The summed E-state index contributed by atoms with van der Waals surface area (Å²) in [5, 5.41) is 10.7. The zero-order valence-electron chi connectivity index (χ0n) is 17.0. The van der Waals surface area contributed by atoms with E-state index in [9.17, 15) is 4.79 Å². The standard InChI is InChI=1S/C22H26N6O2/c1-15(16-11-22(29)25-12-16)30-21-10-17(14-28-20(21)4-5-26-28)19-3-2-18(13-24-19)27-8-6-23-7-9-27/h2-5,10,13-16,23H,6-9,11-12H2,1H3,(H,25,29)/t15-,16-/m1/s1. The maximum Gasteiger partial charge on any atom is 0.220 e. The SMILES string of the molecule is C[C@@H](Oc1cc(-c2ccc(N3CCNCC3)cn2)cn2nccc12)[C@H]1CNC(=O)C1. The van der Waals surface area contributed by atoms with Gasteiger partial charge in [-0.1, -0.05) is 0 Å². The lowest BCUT2D eigenvalue weighted by Crippen LogP contribution is -2.43. The summed E-state index contributed by atoms with van der Waals surface area (Å²) < 4.78 is 8.12. The summed E-state index contributed by atoms with van der Waals surface area (Å²) in [7, 11) is 0. The number of anilines is 1. The quantitative estimate of drug-likeness (QED) is 0.671. The maximum atomic E-state index is 11.6. The second-order valence-corrected chi connectivity index (χ2v) is 7.98. The number of carbonyl (C=O) groups excluding carboxylic acids is 1. The Labute approximate surface area is 175 Å². The van der Waals surface area contributed by atoms with Crippen LogP contribution in [0.2, 0.25) is 0 Å². The molecule has 8 nitrogen and oxygen atoms in total. The lowest BCUT2D eigenvalue weighted by atomic mass is 10.0. The van der Waals surface area contributed by atoms with E-state index in [1.165, 1.54) is 0 Å². The van der Waals surface area contributed by atoms with Gasteiger partial charge in [0, 0.05) is 56.8 Å². The molecule has 3 aromatic rings. The van der Waals surface area contributed by atoms with Crippen LogP contribution < -0.4 is 20.3 Å². The molecule has 0 radical (unpaired) electrons. The summed E-state index contributed by atoms with van der Waals surface area (Å²) in [4.78, 5) is 18.6. The fourth-order valence-electron chi connectivity index (χ4n) is 4.15. The largest absolute Gasteiger partial charge is 0.488 e. The summed E-state index contributed by atoms with van der Waals surface area (Å²) in [6, 6.07) is 8.13. The zero-order valence-corrected chi connectivity index (χ0v) is 17.0. The number of carbonyl (C=O) groups is 1. The Morgan fingerprint density at radius 2 is 2.10 bits per heavy atom. The second kappa shape index (κ2) is 7.95. The fourth-order valence-corrected chi connectivity index (χ4v) is 4.15. The number of nitrogens with one attached hydrogen (secondary N) is 2. The molecule has 2 saturated heterocycles. The molecule has 3 aromatic heterocycles. The van der Waals surface area contributed by atoms with Gasteiger partial charge < -0.3 is 20.3 Å². The van der Waals surface area contributed by atoms with E-state index in [1.54, 1.807) is 6.20 Å². The van der Waals surface area contributed by atoms with Gasteiger partial charge in [0.25, 0.3) is 0 Å². The molecular weight excluding hydrogens is 380 g/mol. The normalized spacial score (nSPS) is 20.4. The summed E-state index contributed by atoms with van der Waals surface area (Å²) in [5.74, 6) is 1.01. The number of rotatable bonds is 5. The van der Waals surface area contributed by atoms with Crippen LogP contribution in [0.4, 0.5) is 5.69 Å². The highest BCUT2D eigenvalue weighted by molar-refractivity contribution is 5.78. The molecule has 30 heavy (non-hydrogen) atoms. The Hall–Kier alpha value is -3.13. The molecule has 0 saturated carbocycles.